The van der Waals surface area contributed by atoms with Crippen LogP contribution in [0.2, 0.25) is 5.02 Å². The number of sulfone groups is 1. The van der Waals surface area contributed by atoms with Crippen molar-refractivity contribution in [3.63, 3.8) is 0 Å². The van der Waals surface area contributed by atoms with Crippen LogP contribution in [0.15, 0.2) is 93.1 Å². The van der Waals surface area contributed by atoms with E-state index >= 15 is 0 Å². The van der Waals surface area contributed by atoms with Crippen molar-refractivity contribution in [1.82, 2.24) is 10.2 Å². The summed E-state index contributed by atoms with van der Waals surface area (Å²) < 4.78 is 31.0. The van der Waals surface area contributed by atoms with Crippen LogP contribution in [0.3, 0.4) is 0 Å². The summed E-state index contributed by atoms with van der Waals surface area (Å²) in [4.78, 5) is 0.444. The van der Waals surface area contributed by atoms with Crippen molar-refractivity contribution >= 4 is 21.4 Å². The Hall–Kier alpha value is -2.96. The van der Waals surface area contributed by atoms with E-state index in [0.717, 1.165) is 0 Å². The summed E-state index contributed by atoms with van der Waals surface area (Å²) in [6, 6.07) is 21.8. The minimum atomic E-state index is -3.57. The lowest BCUT2D eigenvalue weighted by molar-refractivity contribution is 0.584. The lowest BCUT2D eigenvalue weighted by atomic mass is 10.2. The molecule has 5 nitrogen and oxygen atoms in total. The Morgan fingerprint density at radius 2 is 1.30 bits per heavy atom. The molecule has 1 heterocycles. The molecule has 0 aliphatic heterocycles. The van der Waals surface area contributed by atoms with Crippen LogP contribution in [0.4, 0.5) is 0 Å². The molecule has 1 aromatic heterocycles. The minimum Gasteiger partial charge on any atom is -0.416 e. The smallest absolute Gasteiger partial charge is 0.249 e. The highest BCUT2D eigenvalue weighted by Crippen LogP contribution is 2.30. The topological polar surface area (TPSA) is 73.1 Å². The van der Waals surface area contributed by atoms with Gasteiger partial charge in [0.25, 0.3) is 0 Å². The van der Waals surface area contributed by atoms with Gasteiger partial charge in [-0.2, -0.15) is 0 Å². The predicted molar refractivity (Wildman–Crippen MR) is 102 cm³/mol. The van der Waals surface area contributed by atoms with Crippen molar-refractivity contribution in [2.45, 2.75) is 9.79 Å². The highest BCUT2D eigenvalue weighted by molar-refractivity contribution is 7.91. The SMILES string of the molecule is O=S(=O)(c1ccccc1)c1ccc(-c2nnc(-c3ccccc3Cl)o2)cc1. The molecule has 134 valence electrons. The van der Waals surface area contributed by atoms with Crippen LogP contribution in [0.5, 0.6) is 0 Å². The number of hydrogen-bond acceptors (Lipinski definition) is 5. The fourth-order valence-corrected chi connectivity index (χ4v) is 4.09. The molecular weight excluding hydrogens is 384 g/mol. The Balaban J connectivity index is 1.65. The van der Waals surface area contributed by atoms with Crippen molar-refractivity contribution in [1.29, 1.82) is 0 Å². The summed E-state index contributed by atoms with van der Waals surface area (Å²) >= 11 is 6.15. The van der Waals surface area contributed by atoms with Crippen molar-refractivity contribution in [2.75, 3.05) is 0 Å². The molecule has 0 bridgehead atoms. The zero-order valence-electron chi connectivity index (χ0n) is 13.9. The third-order valence-electron chi connectivity index (χ3n) is 3.99. The van der Waals surface area contributed by atoms with E-state index < -0.39 is 9.84 Å². The molecule has 0 radical (unpaired) electrons. The second kappa shape index (κ2) is 6.98. The van der Waals surface area contributed by atoms with Gasteiger partial charge in [0.15, 0.2) is 0 Å². The van der Waals surface area contributed by atoms with Gasteiger partial charge in [-0.25, -0.2) is 8.42 Å². The molecule has 0 N–H and O–H groups in total. The van der Waals surface area contributed by atoms with E-state index in [4.69, 9.17) is 16.0 Å². The molecular formula is C20H13ClN2O3S. The second-order valence-corrected chi connectivity index (χ2v) is 8.09. The lowest BCUT2D eigenvalue weighted by Crippen LogP contribution is -2.01. The molecule has 3 aromatic carbocycles. The fraction of sp³-hybridized carbons (Fsp3) is 0. The monoisotopic (exact) mass is 396 g/mol. The maximum Gasteiger partial charge on any atom is 0.249 e. The molecule has 0 aliphatic rings. The van der Waals surface area contributed by atoms with Crippen LogP contribution in [0.1, 0.15) is 0 Å². The van der Waals surface area contributed by atoms with Gasteiger partial charge < -0.3 is 4.42 Å². The molecule has 0 spiro atoms. The van der Waals surface area contributed by atoms with E-state index in [1.165, 1.54) is 12.1 Å². The van der Waals surface area contributed by atoms with Gasteiger partial charge >= 0.3 is 0 Å². The molecule has 4 aromatic rings. The van der Waals surface area contributed by atoms with E-state index in [1.54, 1.807) is 54.6 Å². The Kier molecular flexibility index (Phi) is 4.51. The zero-order chi connectivity index (χ0) is 18.9. The van der Waals surface area contributed by atoms with E-state index in [2.05, 4.69) is 10.2 Å². The number of halogens is 1. The van der Waals surface area contributed by atoms with E-state index in [1.807, 2.05) is 12.1 Å². The first kappa shape index (κ1) is 17.5. The highest BCUT2D eigenvalue weighted by atomic mass is 35.5. The summed E-state index contributed by atoms with van der Waals surface area (Å²) in [5.41, 5.74) is 1.26. The van der Waals surface area contributed by atoms with Gasteiger partial charge in [-0.3, -0.25) is 0 Å². The van der Waals surface area contributed by atoms with Gasteiger partial charge in [0.2, 0.25) is 21.6 Å². The molecule has 27 heavy (non-hydrogen) atoms. The number of aromatic nitrogens is 2. The first-order valence-corrected chi connectivity index (χ1v) is 9.91. The third kappa shape index (κ3) is 3.37. The molecule has 0 atom stereocenters. The van der Waals surface area contributed by atoms with Crippen LogP contribution in [0.25, 0.3) is 22.9 Å². The van der Waals surface area contributed by atoms with E-state index in [-0.39, 0.29) is 15.7 Å². The highest BCUT2D eigenvalue weighted by Gasteiger charge is 2.18. The number of nitrogens with zero attached hydrogens (tertiary/aromatic N) is 2. The molecule has 0 amide bonds. The first-order chi connectivity index (χ1) is 13.1. The summed E-state index contributed by atoms with van der Waals surface area (Å²) in [5.74, 6) is 0.588. The lowest BCUT2D eigenvalue weighted by Gasteiger charge is -2.04. The maximum absolute atomic E-state index is 12.6. The molecule has 0 saturated carbocycles. The van der Waals surface area contributed by atoms with Gasteiger partial charge in [-0.15, -0.1) is 10.2 Å². The Bertz CT molecular complexity index is 1190. The first-order valence-electron chi connectivity index (χ1n) is 8.05. The molecule has 0 unspecified atom stereocenters. The molecule has 0 saturated heterocycles. The average Bonchev–Trinajstić information content (AvgIpc) is 3.19. The number of benzene rings is 3. The predicted octanol–water partition coefficient (Wildman–Crippen LogP) is 4.89. The normalized spacial score (nSPS) is 11.4. The minimum absolute atomic E-state index is 0.197. The molecule has 7 heteroatoms. The summed E-state index contributed by atoms with van der Waals surface area (Å²) in [6.07, 6.45) is 0. The number of rotatable bonds is 4. The van der Waals surface area contributed by atoms with Gasteiger partial charge in [0.1, 0.15) is 0 Å². The quantitative estimate of drug-likeness (QED) is 0.491. The van der Waals surface area contributed by atoms with Crippen molar-refractivity contribution < 1.29 is 12.8 Å². The second-order valence-electron chi connectivity index (χ2n) is 5.73. The zero-order valence-corrected chi connectivity index (χ0v) is 15.5. The van der Waals surface area contributed by atoms with Gasteiger partial charge in [-0.1, -0.05) is 41.9 Å². The van der Waals surface area contributed by atoms with Crippen molar-refractivity contribution in [3.8, 4) is 22.9 Å². The molecule has 0 aliphatic carbocycles. The fourth-order valence-electron chi connectivity index (χ4n) is 2.60. The van der Waals surface area contributed by atoms with Crippen LogP contribution in [0, 0.1) is 0 Å². The van der Waals surface area contributed by atoms with Crippen LogP contribution >= 0.6 is 11.6 Å². The number of hydrogen-bond donors (Lipinski definition) is 0. The van der Waals surface area contributed by atoms with Gasteiger partial charge in [0.05, 0.1) is 20.4 Å². The average molecular weight is 397 g/mol. The largest absolute Gasteiger partial charge is 0.416 e. The summed E-state index contributed by atoms with van der Waals surface area (Å²) in [5, 5.41) is 8.56. The molecule has 4 rings (SSSR count). The summed E-state index contributed by atoms with van der Waals surface area (Å²) in [6.45, 7) is 0. The van der Waals surface area contributed by atoms with Crippen LogP contribution in [-0.2, 0) is 9.84 Å². The maximum atomic E-state index is 12.6. The Morgan fingerprint density at radius 3 is 2.00 bits per heavy atom. The van der Waals surface area contributed by atoms with Crippen molar-refractivity contribution in [3.05, 3.63) is 83.9 Å². The Morgan fingerprint density at radius 1 is 0.704 bits per heavy atom. The van der Waals surface area contributed by atoms with Crippen molar-refractivity contribution in [2.24, 2.45) is 0 Å². The van der Waals surface area contributed by atoms with Gasteiger partial charge in [-0.05, 0) is 48.5 Å². The van der Waals surface area contributed by atoms with E-state index in [0.29, 0.717) is 22.0 Å². The summed E-state index contributed by atoms with van der Waals surface area (Å²) in [7, 11) is -3.57. The third-order valence-corrected chi connectivity index (χ3v) is 6.11. The standard InChI is InChI=1S/C20H13ClN2O3S/c21-18-9-5-4-8-17(18)20-23-22-19(26-20)14-10-12-16(13-11-14)27(24,25)15-6-2-1-3-7-15/h1-13H. The molecule has 0 fully saturated rings. The van der Waals surface area contributed by atoms with Gasteiger partial charge in [0, 0.05) is 5.56 Å². The van der Waals surface area contributed by atoms with Crippen LogP contribution < -0.4 is 0 Å². The Labute approximate surface area is 161 Å². The van der Waals surface area contributed by atoms with E-state index in [9.17, 15) is 8.42 Å². The van der Waals surface area contributed by atoms with Crippen LogP contribution in [-0.4, -0.2) is 18.6 Å².